The van der Waals surface area contributed by atoms with Gasteiger partial charge in [0.15, 0.2) is 5.17 Å². The van der Waals surface area contributed by atoms with Gasteiger partial charge in [-0.15, -0.1) is 0 Å². The van der Waals surface area contributed by atoms with Crippen molar-refractivity contribution in [2.45, 2.75) is 13.1 Å². The molecule has 5 nitrogen and oxygen atoms in total. The summed E-state index contributed by atoms with van der Waals surface area (Å²) in [5, 5.41) is 9.73. The Hall–Kier alpha value is -3.64. The predicted octanol–water partition coefficient (Wildman–Crippen LogP) is 5.06. The molecule has 31 heavy (non-hydrogen) atoms. The Morgan fingerprint density at radius 1 is 0.903 bits per heavy atom. The lowest BCUT2D eigenvalue weighted by atomic mass is 10.1. The van der Waals surface area contributed by atoms with Crippen LogP contribution in [0.3, 0.4) is 0 Å². The van der Waals surface area contributed by atoms with E-state index < -0.39 is 5.97 Å². The number of aliphatic imine (C=N–C) groups is 1. The van der Waals surface area contributed by atoms with Gasteiger partial charge >= 0.3 is 5.97 Å². The molecule has 0 unspecified atom stereocenters. The number of aromatic carboxylic acids is 1. The molecule has 6 heteroatoms. The maximum absolute atomic E-state index is 13.2. The molecule has 154 valence electrons. The van der Waals surface area contributed by atoms with Gasteiger partial charge in [0, 0.05) is 0 Å². The highest BCUT2D eigenvalue weighted by molar-refractivity contribution is 8.18. The van der Waals surface area contributed by atoms with Crippen molar-refractivity contribution in [3.8, 4) is 0 Å². The first-order valence-electron chi connectivity index (χ1n) is 9.77. The third-order valence-corrected chi connectivity index (χ3v) is 5.81. The van der Waals surface area contributed by atoms with E-state index >= 15 is 0 Å². The van der Waals surface area contributed by atoms with Crippen LogP contribution in [0.5, 0.6) is 0 Å². The van der Waals surface area contributed by atoms with Crippen LogP contribution in [0.1, 0.15) is 27.0 Å². The van der Waals surface area contributed by atoms with Gasteiger partial charge in [-0.05, 0) is 46.7 Å². The zero-order valence-electron chi connectivity index (χ0n) is 16.6. The number of carbonyl (C=O) groups excluding carboxylic acids is 1. The minimum absolute atomic E-state index is 0.108. The molecule has 4 rings (SSSR count). The predicted molar refractivity (Wildman–Crippen MR) is 124 cm³/mol. The van der Waals surface area contributed by atoms with Crippen molar-refractivity contribution in [1.29, 1.82) is 0 Å². The fraction of sp³-hybridized carbons (Fsp3) is 0.0800. The van der Waals surface area contributed by atoms with Crippen LogP contribution in [-0.4, -0.2) is 27.1 Å². The molecule has 0 radical (unpaired) electrons. The maximum atomic E-state index is 13.2. The summed E-state index contributed by atoms with van der Waals surface area (Å²) in [6, 6.07) is 26.2. The van der Waals surface area contributed by atoms with Crippen molar-refractivity contribution in [2.75, 3.05) is 0 Å². The topological polar surface area (TPSA) is 70.0 Å². The molecule has 0 saturated carbocycles. The van der Waals surface area contributed by atoms with E-state index in [0.29, 0.717) is 23.2 Å². The molecular formula is C25H20N2O3S. The van der Waals surface area contributed by atoms with E-state index in [4.69, 9.17) is 10.1 Å². The molecule has 1 aliphatic rings. The summed E-state index contributed by atoms with van der Waals surface area (Å²) in [4.78, 5) is 31.2. The largest absolute Gasteiger partial charge is 0.478 e. The first-order chi connectivity index (χ1) is 15.1. The number of benzene rings is 3. The smallest absolute Gasteiger partial charge is 0.335 e. The Balaban J connectivity index is 1.61. The van der Waals surface area contributed by atoms with Crippen molar-refractivity contribution in [3.63, 3.8) is 0 Å². The first-order valence-corrected chi connectivity index (χ1v) is 10.6. The number of hydrogen-bond acceptors (Lipinski definition) is 4. The Morgan fingerprint density at radius 3 is 2.13 bits per heavy atom. The van der Waals surface area contributed by atoms with Crippen molar-refractivity contribution in [3.05, 3.63) is 112 Å². The van der Waals surface area contributed by atoms with Gasteiger partial charge in [0.1, 0.15) is 0 Å². The highest BCUT2D eigenvalue weighted by Crippen LogP contribution is 2.34. The standard InChI is InChI=1S/C25H20N2O3S/c28-23-22(15-18-11-13-21(14-12-18)24(29)30)31-25(26-16-19-7-3-1-4-8-19)27(23)17-20-9-5-2-6-10-20/h1-15H,16-17H2,(H,29,30)/b22-15-,26-25?. The van der Waals surface area contributed by atoms with Crippen LogP contribution in [0, 0.1) is 0 Å². The van der Waals surface area contributed by atoms with E-state index in [2.05, 4.69) is 0 Å². The Bertz CT molecular complexity index is 1140. The zero-order valence-corrected chi connectivity index (χ0v) is 17.5. The lowest BCUT2D eigenvalue weighted by Crippen LogP contribution is -2.28. The van der Waals surface area contributed by atoms with Gasteiger partial charge in [-0.3, -0.25) is 14.7 Å². The maximum Gasteiger partial charge on any atom is 0.335 e. The normalized spacial score (nSPS) is 16.3. The second-order valence-electron chi connectivity index (χ2n) is 7.00. The molecule has 1 heterocycles. The minimum Gasteiger partial charge on any atom is -0.478 e. The Kier molecular flexibility index (Phi) is 6.29. The fourth-order valence-corrected chi connectivity index (χ4v) is 4.12. The molecule has 1 fully saturated rings. The molecule has 0 aliphatic carbocycles. The fourth-order valence-electron chi connectivity index (χ4n) is 3.15. The highest BCUT2D eigenvalue weighted by Gasteiger charge is 2.33. The molecule has 0 bridgehead atoms. The molecule has 1 aliphatic heterocycles. The van der Waals surface area contributed by atoms with E-state index in [0.717, 1.165) is 16.7 Å². The molecule has 1 saturated heterocycles. The lowest BCUT2D eigenvalue weighted by molar-refractivity contribution is -0.122. The van der Waals surface area contributed by atoms with E-state index in [9.17, 15) is 9.59 Å². The van der Waals surface area contributed by atoms with Gasteiger partial charge in [0.25, 0.3) is 5.91 Å². The number of carboxylic acids is 1. The summed E-state index contributed by atoms with van der Waals surface area (Å²) in [6.07, 6.45) is 1.78. The van der Waals surface area contributed by atoms with Crippen LogP contribution in [0.4, 0.5) is 0 Å². The van der Waals surface area contributed by atoms with Crippen molar-refractivity contribution < 1.29 is 14.7 Å². The van der Waals surface area contributed by atoms with Gasteiger partial charge in [0.2, 0.25) is 0 Å². The number of amides is 1. The summed E-state index contributed by atoms with van der Waals surface area (Å²) < 4.78 is 0. The van der Waals surface area contributed by atoms with Crippen LogP contribution in [0.2, 0.25) is 0 Å². The van der Waals surface area contributed by atoms with Crippen LogP contribution < -0.4 is 0 Å². The molecule has 3 aromatic rings. The number of amidine groups is 1. The third kappa shape index (κ3) is 5.10. The average Bonchev–Trinajstić information content (AvgIpc) is 3.08. The van der Waals surface area contributed by atoms with Crippen molar-refractivity contribution in [2.24, 2.45) is 4.99 Å². The first kappa shape index (κ1) is 20.6. The van der Waals surface area contributed by atoms with Crippen LogP contribution in [0.15, 0.2) is 94.8 Å². The number of thioether (sulfide) groups is 1. The third-order valence-electron chi connectivity index (χ3n) is 4.77. The Morgan fingerprint density at radius 2 is 1.52 bits per heavy atom. The molecule has 1 N–H and O–H groups in total. The molecule has 3 aromatic carbocycles. The van der Waals surface area contributed by atoms with Crippen LogP contribution in [-0.2, 0) is 17.9 Å². The van der Waals surface area contributed by atoms with Gasteiger partial charge in [0.05, 0.1) is 23.6 Å². The second kappa shape index (κ2) is 9.45. The van der Waals surface area contributed by atoms with Gasteiger partial charge < -0.3 is 5.11 Å². The number of rotatable bonds is 6. The highest BCUT2D eigenvalue weighted by atomic mass is 32.2. The van der Waals surface area contributed by atoms with Gasteiger partial charge in [-0.1, -0.05) is 72.8 Å². The molecule has 0 atom stereocenters. The van der Waals surface area contributed by atoms with Crippen molar-refractivity contribution in [1.82, 2.24) is 4.90 Å². The number of carbonyl (C=O) groups is 2. The molecular weight excluding hydrogens is 408 g/mol. The number of nitrogens with zero attached hydrogens (tertiary/aromatic N) is 2. The summed E-state index contributed by atoms with van der Waals surface area (Å²) in [6.45, 7) is 0.928. The SMILES string of the molecule is O=C(O)c1ccc(/C=C2\SC(=NCc3ccccc3)N(Cc3ccccc3)C2=O)cc1. The van der Waals surface area contributed by atoms with Crippen LogP contribution in [0.25, 0.3) is 6.08 Å². The second-order valence-corrected chi connectivity index (χ2v) is 8.01. The monoisotopic (exact) mass is 428 g/mol. The lowest BCUT2D eigenvalue weighted by Gasteiger charge is -2.15. The van der Waals surface area contributed by atoms with E-state index in [1.54, 1.807) is 23.1 Å². The van der Waals surface area contributed by atoms with Crippen molar-refractivity contribution >= 4 is 34.9 Å². The number of hydrogen-bond donors (Lipinski definition) is 1. The summed E-state index contributed by atoms with van der Waals surface area (Å²) in [7, 11) is 0. The van der Waals surface area contributed by atoms with E-state index in [1.807, 2.05) is 60.7 Å². The summed E-state index contributed by atoms with van der Waals surface area (Å²) >= 11 is 1.34. The molecule has 1 amide bonds. The summed E-state index contributed by atoms with van der Waals surface area (Å²) in [5.41, 5.74) is 3.08. The zero-order chi connectivity index (χ0) is 21.6. The Labute approximate surface area is 184 Å². The quantitative estimate of drug-likeness (QED) is 0.557. The average molecular weight is 429 g/mol. The molecule has 0 spiro atoms. The minimum atomic E-state index is -0.977. The van der Waals surface area contributed by atoms with Crippen LogP contribution >= 0.6 is 11.8 Å². The van der Waals surface area contributed by atoms with E-state index in [-0.39, 0.29) is 11.5 Å². The van der Waals surface area contributed by atoms with Gasteiger partial charge in [-0.2, -0.15) is 0 Å². The van der Waals surface area contributed by atoms with Gasteiger partial charge in [-0.25, -0.2) is 4.79 Å². The number of carboxylic acid groups (broad SMARTS) is 1. The summed E-state index contributed by atoms with van der Waals surface area (Å²) in [5.74, 6) is -1.09. The molecule has 0 aromatic heterocycles. The van der Waals surface area contributed by atoms with E-state index in [1.165, 1.54) is 23.9 Å².